The van der Waals surface area contributed by atoms with Crippen LogP contribution < -0.4 is 0 Å². The molecule has 0 aliphatic carbocycles. The van der Waals surface area contributed by atoms with Crippen LogP contribution in [0.15, 0.2) is 16.6 Å². The highest BCUT2D eigenvalue weighted by Gasteiger charge is 2.23. The van der Waals surface area contributed by atoms with Gasteiger partial charge in [0, 0.05) is 10.4 Å². The Hall–Kier alpha value is -1.36. The van der Waals surface area contributed by atoms with Crippen molar-refractivity contribution in [1.82, 2.24) is 9.97 Å². The molecule has 4 nitrogen and oxygen atoms in total. The number of carbonyl (C=O) groups is 1. The summed E-state index contributed by atoms with van der Waals surface area (Å²) in [5.41, 5.74) is 2.90. The third kappa shape index (κ3) is 2.27. The molecular weight excluding hydrogens is 296 g/mol. The van der Waals surface area contributed by atoms with Crippen molar-refractivity contribution in [2.24, 2.45) is 5.92 Å². The van der Waals surface area contributed by atoms with Crippen molar-refractivity contribution < 1.29 is 9.90 Å². The Kier molecular flexibility index (Phi) is 3.43. The molecule has 2 atom stereocenters. The van der Waals surface area contributed by atoms with Crippen LogP contribution in [-0.2, 0) is 4.79 Å². The van der Waals surface area contributed by atoms with Crippen molar-refractivity contribution >= 4 is 32.9 Å². The predicted molar refractivity (Wildman–Crippen MR) is 73.7 cm³/mol. The molecule has 0 aliphatic heterocycles. The minimum atomic E-state index is -0.805. The van der Waals surface area contributed by atoms with Gasteiger partial charge in [-0.2, -0.15) is 0 Å². The first-order valence-electron chi connectivity index (χ1n) is 5.78. The second-order valence-electron chi connectivity index (χ2n) is 4.66. The number of imidazole rings is 1. The van der Waals surface area contributed by atoms with Crippen LogP contribution in [0.4, 0.5) is 0 Å². The molecule has 0 spiro atoms. The van der Waals surface area contributed by atoms with Crippen LogP contribution in [0, 0.1) is 12.8 Å². The Bertz CT molecular complexity index is 606. The molecule has 0 fully saturated rings. The molecule has 1 aromatic carbocycles. The molecular formula is C13H15BrN2O2. The van der Waals surface area contributed by atoms with Crippen molar-refractivity contribution in [1.29, 1.82) is 0 Å². The Morgan fingerprint density at radius 2 is 2.11 bits per heavy atom. The van der Waals surface area contributed by atoms with E-state index in [2.05, 4.69) is 25.9 Å². The topological polar surface area (TPSA) is 66.0 Å². The molecule has 18 heavy (non-hydrogen) atoms. The number of H-pyrrole nitrogens is 1. The van der Waals surface area contributed by atoms with Crippen molar-refractivity contribution in [2.75, 3.05) is 0 Å². The lowest BCUT2D eigenvalue weighted by Crippen LogP contribution is -2.17. The van der Waals surface area contributed by atoms with Gasteiger partial charge in [0.05, 0.1) is 17.0 Å². The molecule has 2 N–H and O–H groups in total. The number of aromatic nitrogens is 2. The lowest BCUT2D eigenvalue weighted by molar-refractivity contribution is -0.141. The maximum Gasteiger partial charge on any atom is 0.306 e. The van der Waals surface area contributed by atoms with Gasteiger partial charge in [-0.3, -0.25) is 4.79 Å². The number of nitrogens with one attached hydrogen (secondary N) is 1. The minimum Gasteiger partial charge on any atom is -0.481 e. The maximum absolute atomic E-state index is 11.0. The van der Waals surface area contributed by atoms with Crippen molar-refractivity contribution in [3.63, 3.8) is 0 Å². The highest BCUT2D eigenvalue weighted by Crippen LogP contribution is 2.27. The Labute approximate surface area is 114 Å². The first-order chi connectivity index (χ1) is 8.40. The highest BCUT2D eigenvalue weighted by atomic mass is 79.9. The van der Waals surface area contributed by atoms with E-state index in [1.165, 1.54) is 0 Å². The molecule has 96 valence electrons. The van der Waals surface area contributed by atoms with Crippen LogP contribution in [0.25, 0.3) is 11.0 Å². The number of aryl methyl sites for hydroxylation is 1. The molecule has 1 heterocycles. The van der Waals surface area contributed by atoms with Gasteiger partial charge in [0.25, 0.3) is 0 Å². The van der Waals surface area contributed by atoms with Gasteiger partial charge >= 0.3 is 5.97 Å². The summed E-state index contributed by atoms with van der Waals surface area (Å²) in [4.78, 5) is 18.7. The van der Waals surface area contributed by atoms with E-state index in [9.17, 15) is 4.79 Å². The van der Waals surface area contributed by atoms with Gasteiger partial charge in [0.2, 0.25) is 0 Å². The summed E-state index contributed by atoms with van der Waals surface area (Å²) in [6, 6.07) is 3.95. The summed E-state index contributed by atoms with van der Waals surface area (Å²) in [6.45, 7) is 5.56. The fourth-order valence-electron chi connectivity index (χ4n) is 1.93. The number of hydrogen-bond donors (Lipinski definition) is 2. The zero-order chi connectivity index (χ0) is 13.4. The van der Waals surface area contributed by atoms with Gasteiger partial charge in [-0.15, -0.1) is 0 Å². The highest BCUT2D eigenvalue weighted by molar-refractivity contribution is 9.10. The molecule has 2 aromatic rings. The number of aromatic amines is 1. The summed E-state index contributed by atoms with van der Waals surface area (Å²) in [5.74, 6) is -0.690. The molecule has 2 unspecified atom stereocenters. The maximum atomic E-state index is 11.0. The lowest BCUT2D eigenvalue weighted by atomic mass is 9.96. The molecule has 0 aliphatic rings. The fraction of sp³-hybridized carbons (Fsp3) is 0.385. The van der Waals surface area contributed by atoms with Crippen LogP contribution in [0.2, 0.25) is 0 Å². The van der Waals surface area contributed by atoms with E-state index in [1.807, 2.05) is 26.0 Å². The summed E-state index contributed by atoms with van der Waals surface area (Å²) in [5, 5.41) is 9.04. The number of halogens is 1. The summed E-state index contributed by atoms with van der Waals surface area (Å²) in [7, 11) is 0. The number of nitrogens with zero attached hydrogens (tertiary/aromatic N) is 1. The van der Waals surface area contributed by atoms with E-state index < -0.39 is 11.9 Å². The number of benzene rings is 1. The molecule has 0 amide bonds. The standard InChI is InChI=1S/C13H15BrN2O2/c1-6-4-9(14)5-10-11(6)16-12(15-10)7(2)8(3)13(17)18/h4-5,7-8H,1-3H3,(H,15,16)(H,17,18). The van der Waals surface area contributed by atoms with Gasteiger partial charge in [0.1, 0.15) is 5.82 Å². The van der Waals surface area contributed by atoms with Gasteiger partial charge in [-0.05, 0) is 24.6 Å². The second-order valence-corrected chi connectivity index (χ2v) is 5.57. The summed E-state index contributed by atoms with van der Waals surface area (Å²) < 4.78 is 0.988. The second kappa shape index (κ2) is 4.72. The number of aliphatic carboxylic acids is 1. The van der Waals surface area contributed by atoms with Gasteiger partial charge in [0.15, 0.2) is 0 Å². The fourth-order valence-corrected chi connectivity index (χ4v) is 2.50. The Morgan fingerprint density at radius 3 is 2.72 bits per heavy atom. The normalized spacial score (nSPS) is 14.7. The third-order valence-electron chi connectivity index (χ3n) is 3.33. The molecule has 1 aromatic heterocycles. The molecule has 5 heteroatoms. The van der Waals surface area contributed by atoms with E-state index in [4.69, 9.17) is 5.11 Å². The summed E-state index contributed by atoms with van der Waals surface area (Å²) >= 11 is 3.44. The van der Waals surface area contributed by atoms with Crippen LogP contribution in [0.3, 0.4) is 0 Å². The first-order valence-corrected chi connectivity index (χ1v) is 6.58. The minimum absolute atomic E-state index is 0.145. The Balaban J connectivity index is 2.47. The van der Waals surface area contributed by atoms with Crippen LogP contribution in [-0.4, -0.2) is 21.0 Å². The average Bonchev–Trinajstić information content (AvgIpc) is 2.70. The van der Waals surface area contributed by atoms with Crippen molar-refractivity contribution in [3.8, 4) is 0 Å². The van der Waals surface area contributed by atoms with Crippen LogP contribution in [0.5, 0.6) is 0 Å². The number of fused-ring (bicyclic) bond motifs is 1. The number of hydrogen-bond acceptors (Lipinski definition) is 2. The van der Waals surface area contributed by atoms with E-state index in [0.29, 0.717) is 0 Å². The first kappa shape index (κ1) is 13.1. The van der Waals surface area contributed by atoms with E-state index in [0.717, 1.165) is 26.9 Å². The van der Waals surface area contributed by atoms with Gasteiger partial charge in [-0.25, -0.2) is 4.98 Å². The third-order valence-corrected chi connectivity index (χ3v) is 3.79. The molecule has 0 saturated heterocycles. The van der Waals surface area contributed by atoms with Gasteiger partial charge in [-0.1, -0.05) is 29.8 Å². The quantitative estimate of drug-likeness (QED) is 0.912. The number of carboxylic acids is 1. The van der Waals surface area contributed by atoms with Crippen molar-refractivity contribution in [3.05, 3.63) is 28.0 Å². The molecule has 0 radical (unpaired) electrons. The largest absolute Gasteiger partial charge is 0.481 e. The average molecular weight is 311 g/mol. The van der Waals surface area contributed by atoms with Crippen LogP contribution >= 0.6 is 15.9 Å². The molecule has 2 rings (SSSR count). The number of rotatable bonds is 3. The number of carboxylic acid groups (broad SMARTS) is 1. The van der Waals surface area contributed by atoms with E-state index in [1.54, 1.807) is 6.92 Å². The lowest BCUT2D eigenvalue weighted by Gasteiger charge is -2.12. The predicted octanol–water partition coefficient (Wildman–Crippen LogP) is 3.46. The Morgan fingerprint density at radius 1 is 1.44 bits per heavy atom. The summed E-state index contributed by atoms with van der Waals surface area (Å²) in [6.07, 6.45) is 0. The van der Waals surface area contributed by atoms with E-state index in [-0.39, 0.29) is 5.92 Å². The zero-order valence-corrected chi connectivity index (χ0v) is 12.1. The smallest absolute Gasteiger partial charge is 0.306 e. The zero-order valence-electron chi connectivity index (χ0n) is 10.5. The van der Waals surface area contributed by atoms with Crippen LogP contribution in [0.1, 0.15) is 31.2 Å². The van der Waals surface area contributed by atoms with Crippen molar-refractivity contribution in [2.45, 2.75) is 26.7 Å². The van der Waals surface area contributed by atoms with E-state index >= 15 is 0 Å². The molecule has 0 saturated carbocycles. The monoisotopic (exact) mass is 310 g/mol. The SMILES string of the molecule is Cc1cc(Br)cc2[nH]c(C(C)C(C)C(=O)O)nc12. The molecule has 0 bridgehead atoms. The van der Waals surface area contributed by atoms with Gasteiger partial charge < -0.3 is 10.1 Å².